The highest BCUT2D eigenvalue weighted by Crippen LogP contribution is 2.24. The molecule has 0 saturated carbocycles. The van der Waals surface area contributed by atoms with Crippen LogP contribution in [0.4, 0.5) is 5.69 Å². The van der Waals surface area contributed by atoms with Crippen LogP contribution < -0.4 is 4.90 Å². The molecule has 2 saturated heterocycles. The molecule has 1 aromatic heterocycles. The number of benzene rings is 1. The van der Waals surface area contributed by atoms with Crippen LogP contribution in [0.3, 0.4) is 0 Å². The number of H-pyrrole nitrogens is 1. The fourth-order valence-electron chi connectivity index (χ4n) is 4.31. The minimum absolute atomic E-state index is 0.0459. The molecule has 0 spiro atoms. The predicted octanol–water partition coefficient (Wildman–Crippen LogP) is 2.39. The third kappa shape index (κ3) is 4.78. The number of likely N-dealkylation sites (tertiary alicyclic amines) is 1. The minimum atomic E-state index is 0.0459. The number of aromatic amines is 1. The van der Waals surface area contributed by atoms with E-state index in [4.69, 9.17) is 0 Å². The maximum atomic E-state index is 12.6. The molecule has 0 bridgehead atoms. The van der Waals surface area contributed by atoms with Crippen molar-refractivity contribution in [1.29, 1.82) is 0 Å². The monoisotopic (exact) mass is 395 g/mol. The second-order valence-corrected chi connectivity index (χ2v) is 7.96. The lowest BCUT2D eigenvalue weighted by Gasteiger charge is -2.36. The summed E-state index contributed by atoms with van der Waals surface area (Å²) in [5, 5.41) is 6.54. The molecular formula is C22H29N5O2. The zero-order valence-corrected chi connectivity index (χ0v) is 16.8. The molecule has 0 aliphatic carbocycles. The van der Waals surface area contributed by atoms with Gasteiger partial charge in [-0.2, -0.15) is 5.10 Å². The van der Waals surface area contributed by atoms with E-state index in [0.717, 1.165) is 58.5 Å². The van der Waals surface area contributed by atoms with Crippen LogP contribution in [0, 0.1) is 5.92 Å². The van der Waals surface area contributed by atoms with Gasteiger partial charge < -0.3 is 14.7 Å². The summed E-state index contributed by atoms with van der Waals surface area (Å²) >= 11 is 0. The molecule has 0 atom stereocenters. The number of carbonyl (C=O) groups excluding carboxylic acids is 2. The zero-order chi connectivity index (χ0) is 20.1. The number of piperidine rings is 1. The van der Waals surface area contributed by atoms with Crippen LogP contribution in [0.5, 0.6) is 0 Å². The fourth-order valence-corrected chi connectivity index (χ4v) is 4.31. The molecule has 2 amide bonds. The molecule has 7 heteroatoms. The Hall–Kier alpha value is -2.83. The maximum Gasteiger partial charge on any atom is 0.257 e. The van der Waals surface area contributed by atoms with Gasteiger partial charge in [-0.25, -0.2) is 0 Å². The Labute approximate surface area is 171 Å². The van der Waals surface area contributed by atoms with Gasteiger partial charge in [0.15, 0.2) is 0 Å². The summed E-state index contributed by atoms with van der Waals surface area (Å²) in [6.45, 7) is 4.91. The first-order chi connectivity index (χ1) is 14.2. The topological polar surface area (TPSA) is 72.5 Å². The average molecular weight is 396 g/mol. The summed E-state index contributed by atoms with van der Waals surface area (Å²) in [6.07, 6.45) is 6.70. The number of anilines is 1. The summed E-state index contributed by atoms with van der Waals surface area (Å²) in [6, 6.07) is 10.4. The lowest BCUT2D eigenvalue weighted by Crippen LogP contribution is -2.48. The van der Waals surface area contributed by atoms with Crippen LogP contribution in [0.2, 0.25) is 0 Å². The van der Waals surface area contributed by atoms with E-state index in [9.17, 15) is 9.59 Å². The molecule has 1 aromatic carbocycles. The van der Waals surface area contributed by atoms with Gasteiger partial charge in [0.05, 0.1) is 11.8 Å². The normalized spacial score (nSPS) is 18.1. The number of nitrogens with zero attached hydrogens (tertiary/aromatic N) is 4. The first-order valence-electron chi connectivity index (χ1n) is 10.6. The van der Waals surface area contributed by atoms with Gasteiger partial charge in [-0.15, -0.1) is 0 Å². The Kier molecular flexibility index (Phi) is 6.12. The molecule has 0 radical (unpaired) electrons. The zero-order valence-electron chi connectivity index (χ0n) is 16.8. The van der Waals surface area contributed by atoms with E-state index in [-0.39, 0.29) is 11.8 Å². The smallest absolute Gasteiger partial charge is 0.257 e. The molecule has 4 rings (SSSR count). The van der Waals surface area contributed by atoms with Crippen molar-refractivity contribution in [2.75, 3.05) is 44.2 Å². The summed E-state index contributed by atoms with van der Waals surface area (Å²) in [5.41, 5.74) is 1.85. The third-order valence-electron chi connectivity index (χ3n) is 6.17. The van der Waals surface area contributed by atoms with Gasteiger partial charge in [0.1, 0.15) is 0 Å². The second kappa shape index (κ2) is 9.11. The molecule has 29 heavy (non-hydrogen) atoms. The highest BCUT2D eigenvalue weighted by molar-refractivity contribution is 5.93. The van der Waals surface area contributed by atoms with Gasteiger partial charge in [-0.1, -0.05) is 18.2 Å². The van der Waals surface area contributed by atoms with Gasteiger partial charge in [0.25, 0.3) is 5.91 Å². The lowest BCUT2D eigenvalue weighted by molar-refractivity contribution is -0.131. The van der Waals surface area contributed by atoms with E-state index < -0.39 is 0 Å². The van der Waals surface area contributed by atoms with Crippen molar-refractivity contribution in [1.82, 2.24) is 20.0 Å². The third-order valence-corrected chi connectivity index (χ3v) is 6.17. The largest absolute Gasteiger partial charge is 0.368 e. The molecule has 1 N–H and O–H groups in total. The number of hydrogen-bond donors (Lipinski definition) is 1. The van der Waals surface area contributed by atoms with E-state index in [1.807, 2.05) is 15.9 Å². The standard InChI is InChI=1S/C22H29N5O2/c28-21(26-14-12-25(13-15-26)20-4-2-1-3-5-20)7-6-18-8-10-27(11-9-18)22(29)19-16-23-24-17-19/h1-5,16-18H,6-15H2,(H,23,24). The number of para-hydroxylation sites is 1. The fraction of sp³-hybridized carbons (Fsp3) is 0.500. The van der Waals surface area contributed by atoms with Crippen LogP contribution >= 0.6 is 0 Å². The van der Waals surface area contributed by atoms with Crippen molar-refractivity contribution in [3.8, 4) is 0 Å². The summed E-state index contributed by atoms with van der Waals surface area (Å²) in [4.78, 5) is 31.3. The van der Waals surface area contributed by atoms with Crippen LogP contribution in [0.15, 0.2) is 42.7 Å². The van der Waals surface area contributed by atoms with Crippen molar-refractivity contribution < 1.29 is 9.59 Å². The Morgan fingerprint density at radius 2 is 1.69 bits per heavy atom. The van der Waals surface area contributed by atoms with Crippen LogP contribution in [0.1, 0.15) is 36.0 Å². The Bertz CT molecular complexity index is 792. The first kappa shape index (κ1) is 19.5. The molecule has 0 unspecified atom stereocenters. The molecule has 2 fully saturated rings. The molecule has 2 aromatic rings. The van der Waals surface area contributed by atoms with E-state index in [1.54, 1.807) is 12.4 Å². The number of aromatic nitrogens is 2. The number of rotatable bonds is 5. The maximum absolute atomic E-state index is 12.6. The van der Waals surface area contributed by atoms with Gasteiger partial charge in [0.2, 0.25) is 5.91 Å². The highest BCUT2D eigenvalue weighted by Gasteiger charge is 2.26. The summed E-state index contributed by atoms with van der Waals surface area (Å²) in [5.74, 6) is 0.845. The average Bonchev–Trinajstić information content (AvgIpc) is 3.33. The van der Waals surface area contributed by atoms with Gasteiger partial charge >= 0.3 is 0 Å². The van der Waals surface area contributed by atoms with Crippen LogP contribution in [-0.2, 0) is 4.79 Å². The molecule has 2 aliphatic rings. The number of piperazine rings is 1. The molecule has 7 nitrogen and oxygen atoms in total. The van der Waals surface area contributed by atoms with Crippen molar-refractivity contribution in [3.63, 3.8) is 0 Å². The number of carbonyl (C=O) groups is 2. The lowest BCUT2D eigenvalue weighted by atomic mass is 9.91. The van der Waals surface area contributed by atoms with Crippen LogP contribution in [-0.4, -0.2) is 71.1 Å². The van der Waals surface area contributed by atoms with E-state index >= 15 is 0 Å². The summed E-state index contributed by atoms with van der Waals surface area (Å²) in [7, 11) is 0. The number of hydrogen-bond acceptors (Lipinski definition) is 4. The van der Waals surface area contributed by atoms with E-state index in [0.29, 0.717) is 17.9 Å². The van der Waals surface area contributed by atoms with E-state index in [1.165, 1.54) is 5.69 Å². The van der Waals surface area contributed by atoms with Gasteiger partial charge in [-0.3, -0.25) is 14.7 Å². The van der Waals surface area contributed by atoms with Gasteiger partial charge in [0, 0.05) is 57.6 Å². The summed E-state index contributed by atoms with van der Waals surface area (Å²) < 4.78 is 0. The number of amides is 2. The second-order valence-electron chi connectivity index (χ2n) is 7.96. The quantitative estimate of drug-likeness (QED) is 0.844. The molecule has 154 valence electrons. The number of nitrogens with one attached hydrogen (secondary N) is 1. The van der Waals surface area contributed by atoms with Crippen molar-refractivity contribution in [2.45, 2.75) is 25.7 Å². The highest BCUT2D eigenvalue weighted by atomic mass is 16.2. The minimum Gasteiger partial charge on any atom is -0.368 e. The van der Waals surface area contributed by atoms with Crippen molar-refractivity contribution in [2.24, 2.45) is 5.92 Å². The predicted molar refractivity (Wildman–Crippen MR) is 112 cm³/mol. The van der Waals surface area contributed by atoms with Crippen molar-refractivity contribution >= 4 is 17.5 Å². The van der Waals surface area contributed by atoms with Crippen LogP contribution in [0.25, 0.3) is 0 Å². The molecule has 3 heterocycles. The van der Waals surface area contributed by atoms with Gasteiger partial charge in [-0.05, 0) is 37.3 Å². The van der Waals surface area contributed by atoms with E-state index in [2.05, 4.69) is 39.4 Å². The molecular weight excluding hydrogens is 366 g/mol. The Morgan fingerprint density at radius 1 is 0.966 bits per heavy atom. The Morgan fingerprint density at radius 3 is 2.34 bits per heavy atom. The van der Waals surface area contributed by atoms with Crippen molar-refractivity contribution in [3.05, 3.63) is 48.3 Å². The first-order valence-corrected chi connectivity index (χ1v) is 10.6. The molecule has 2 aliphatic heterocycles. The Balaban J connectivity index is 1.17. The SMILES string of the molecule is O=C(CCC1CCN(C(=O)c2cn[nH]c2)CC1)N1CCN(c2ccccc2)CC1.